The summed E-state index contributed by atoms with van der Waals surface area (Å²) in [5.74, 6) is 0.417. The van der Waals surface area contributed by atoms with Crippen molar-refractivity contribution in [2.24, 2.45) is 5.92 Å². The van der Waals surface area contributed by atoms with Crippen molar-refractivity contribution < 1.29 is 5.11 Å². The Hall–Kier alpha value is -0.300. The quantitative estimate of drug-likeness (QED) is 0.683. The molecule has 0 aromatic heterocycles. The molecule has 0 aliphatic heterocycles. The molecule has 14 heavy (non-hydrogen) atoms. The topological polar surface area (TPSA) is 20.2 Å². The first kappa shape index (κ1) is 11.8. The predicted molar refractivity (Wildman–Crippen MR) is 61.2 cm³/mol. The van der Waals surface area contributed by atoms with Gasteiger partial charge in [-0.1, -0.05) is 39.2 Å². The maximum atomic E-state index is 10.1. The molecule has 2 unspecified atom stereocenters. The molecule has 1 aliphatic carbocycles. The largest absolute Gasteiger partial charge is 0.388 e. The molecule has 0 aromatic carbocycles. The van der Waals surface area contributed by atoms with E-state index in [1.807, 2.05) is 0 Å². The van der Waals surface area contributed by atoms with Gasteiger partial charge >= 0.3 is 0 Å². The van der Waals surface area contributed by atoms with Crippen LogP contribution in [0, 0.1) is 5.92 Å². The van der Waals surface area contributed by atoms with Crippen LogP contribution in [0.4, 0.5) is 0 Å². The van der Waals surface area contributed by atoms with Crippen LogP contribution in [0.2, 0.25) is 0 Å². The molecule has 82 valence electrons. The van der Waals surface area contributed by atoms with Crippen molar-refractivity contribution >= 4 is 0 Å². The Morgan fingerprint density at radius 1 is 1.29 bits per heavy atom. The fraction of sp³-hybridized carbons (Fsp3) is 0.846. The van der Waals surface area contributed by atoms with E-state index in [2.05, 4.69) is 19.9 Å². The summed E-state index contributed by atoms with van der Waals surface area (Å²) in [5.41, 5.74) is 1.30. The molecule has 0 bridgehead atoms. The van der Waals surface area contributed by atoms with Crippen molar-refractivity contribution in [1.82, 2.24) is 0 Å². The first-order valence-electron chi connectivity index (χ1n) is 6.12. The highest BCUT2D eigenvalue weighted by atomic mass is 16.3. The minimum absolute atomic E-state index is 0.182. The third-order valence-electron chi connectivity index (χ3n) is 3.39. The first-order valence-corrected chi connectivity index (χ1v) is 6.12. The lowest BCUT2D eigenvalue weighted by Gasteiger charge is -2.22. The molecule has 1 nitrogen and oxygen atoms in total. The maximum absolute atomic E-state index is 10.1. The molecule has 0 aromatic rings. The van der Waals surface area contributed by atoms with Crippen LogP contribution in [0.25, 0.3) is 0 Å². The van der Waals surface area contributed by atoms with Crippen molar-refractivity contribution in [3.8, 4) is 0 Å². The summed E-state index contributed by atoms with van der Waals surface area (Å²) >= 11 is 0. The number of aliphatic hydroxyl groups excluding tert-OH is 1. The average molecular weight is 196 g/mol. The normalized spacial score (nSPS) is 26.9. The van der Waals surface area contributed by atoms with Crippen molar-refractivity contribution in [3.63, 3.8) is 0 Å². The van der Waals surface area contributed by atoms with E-state index < -0.39 is 0 Å². The van der Waals surface area contributed by atoms with Crippen LogP contribution in [0.3, 0.4) is 0 Å². The second-order valence-corrected chi connectivity index (χ2v) is 4.56. The molecule has 0 spiro atoms. The molecule has 0 heterocycles. The molecule has 0 amide bonds. The lowest BCUT2D eigenvalue weighted by atomic mass is 9.89. The van der Waals surface area contributed by atoms with Gasteiger partial charge in [-0.15, -0.1) is 0 Å². The van der Waals surface area contributed by atoms with Crippen LogP contribution in [0.15, 0.2) is 11.6 Å². The lowest BCUT2D eigenvalue weighted by Crippen LogP contribution is -2.20. The van der Waals surface area contributed by atoms with Crippen LogP contribution in [-0.4, -0.2) is 11.2 Å². The van der Waals surface area contributed by atoms with E-state index in [1.165, 1.54) is 37.7 Å². The number of rotatable bonds is 3. The fourth-order valence-corrected chi connectivity index (χ4v) is 2.07. The minimum atomic E-state index is -0.182. The average Bonchev–Trinajstić information content (AvgIpc) is 2.15. The Kier molecular flexibility index (Phi) is 5.24. The van der Waals surface area contributed by atoms with Crippen molar-refractivity contribution in [2.75, 3.05) is 0 Å². The molecular formula is C13H24O. The molecule has 1 N–H and O–H groups in total. The zero-order valence-electron chi connectivity index (χ0n) is 9.63. The molecule has 1 aliphatic rings. The van der Waals surface area contributed by atoms with Crippen LogP contribution >= 0.6 is 0 Å². The number of aliphatic hydroxyl groups is 1. The summed E-state index contributed by atoms with van der Waals surface area (Å²) in [7, 11) is 0. The van der Waals surface area contributed by atoms with Gasteiger partial charge in [-0.25, -0.2) is 0 Å². The Morgan fingerprint density at radius 2 is 2.00 bits per heavy atom. The SMILES string of the molecule is CCC(C)C(O)/C1=C/CCCCCC1. The molecule has 1 rings (SSSR count). The highest BCUT2D eigenvalue weighted by Crippen LogP contribution is 2.24. The van der Waals surface area contributed by atoms with Gasteiger partial charge in [-0.05, 0) is 37.2 Å². The van der Waals surface area contributed by atoms with Gasteiger partial charge in [0.2, 0.25) is 0 Å². The second-order valence-electron chi connectivity index (χ2n) is 4.56. The lowest BCUT2D eigenvalue weighted by molar-refractivity contribution is 0.143. The Labute approximate surface area is 88.2 Å². The van der Waals surface area contributed by atoms with E-state index >= 15 is 0 Å². The van der Waals surface area contributed by atoms with Crippen molar-refractivity contribution in [2.45, 2.75) is 64.9 Å². The molecule has 2 atom stereocenters. The summed E-state index contributed by atoms with van der Waals surface area (Å²) in [5, 5.41) is 10.1. The third kappa shape index (κ3) is 3.45. The molecule has 0 saturated carbocycles. The number of hydrogen-bond donors (Lipinski definition) is 1. The Bertz CT molecular complexity index is 184. The van der Waals surface area contributed by atoms with Crippen molar-refractivity contribution in [3.05, 3.63) is 11.6 Å². The molecule has 0 saturated heterocycles. The van der Waals surface area contributed by atoms with Crippen molar-refractivity contribution in [1.29, 1.82) is 0 Å². The first-order chi connectivity index (χ1) is 6.75. The monoisotopic (exact) mass is 196 g/mol. The summed E-state index contributed by atoms with van der Waals surface area (Å²) in [6.07, 6.45) is 10.7. The van der Waals surface area contributed by atoms with Gasteiger partial charge in [0.05, 0.1) is 6.10 Å². The minimum Gasteiger partial charge on any atom is -0.388 e. The molecule has 0 radical (unpaired) electrons. The van der Waals surface area contributed by atoms with E-state index in [9.17, 15) is 5.11 Å². The predicted octanol–water partition coefficient (Wildman–Crippen LogP) is 3.67. The molecule has 1 heteroatoms. The van der Waals surface area contributed by atoms with E-state index in [0.717, 1.165) is 12.8 Å². The highest BCUT2D eigenvalue weighted by Gasteiger charge is 2.17. The maximum Gasteiger partial charge on any atom is 0.0775 e. The van der Waals surface area contributed by atoms with Gasteiger partial charge in [-0.2, -0.15) is 0 Å². The Balaban J connectivity index is 2.53. The molecule has 0 fully saturated rings. The van der Waals surface area contributed by atoms with Gasteiger partial charge in [0.1, 0.15) is 0 Å². The zero-order valence-corrected chi connectivity index (χ0v) is 9.63. The van der Waals surface area contributed by atoms with E-state index in [4.69, 9.17) is 0 Å². The fourth-order valence-electron chi connectivity index (χ4n) is 2.07. The summed E-state index contributed by atoms with van der Waals surface area (Å²) in [4.78, 5) is 0. The standard InChI is InChI=1S/C13H24O/c1-3-11(2)13(14)12-9-7-5-4-6-8-10-12/h9,11,13-14H,3-8,10H2,1-2H3/b12-9+. The van der Waals surface area contributed by atoms with Crippen LogP contribution in [-0.2, 0) is 0 Å². The van der Waals surface area contributed by atoms with E-state index in [-0.39, 0.29) is 6.10 Å². The van der Waals surface area contributed by atoms with Gasteiger partial charge in [0.15, 0.2) is 0 Å². The van der Waals surface area contributed by atoms with Gasteiger partial charge in [0.25, 0.3) is 0 Å². The zero-order chi connectivity index (χ0) is 10.4. The third-order valence-corrected chi connectivity index (χ3v) is 3.39. The second kappa shape index (κ2) is 6.23. The van der Waals surface area contributed by atoms with Gasteiger partial charge < -0.3 is 5.11 Å². The van der Waals surface area contributed by atoms with Gasteiger partial charge in [-0.3, -0.25) is 0 Å². The summed E-state index contributed by atoms with van der Waals surface area (Å²) < 4.78 is 0. The van der Waals surface area contributed by atoms with E-state index in [1.54, 1.807) is 0 Å². The highest BCUT2D eigenvalue weighted by molar-refractivity contribution is 5.09. The Morgan fingerprint density at radius 3 is 2.71 bits per heavy atom. The van der Waals surface area contributed by atoms with Crippen LogP contribution < -0.4 is 0 Å². The van der Waals surface area contributed by atoms with E-state index in [0.29, 0.717) is 5.92 Å². The summed E-state index contributed by atoms with van der Waals surface area (Å²) in [6, 6.07) is 0. The summed E-state index contributed by atoms with van der Waals surface area (Å²) in [6.45, 7) is 4.29. The van der Waals surface area contributed by atoms with Gasteiger partial charge in [0, 0.05) is 0 Å². The number of allylic oxidation sites excluding steroid dienone is 1. The molecular weight excluding hydrogens is 172 g/mol. The smallest absolute Gasteiger partial charge is 0.0775 e. The van der Waals surface area contributed by atoms with Crippen LogP contribution in [0.5, 0.6) is 0 Å². The number of hydrogen-bond acceptors (Lipinski definition) is 1. The van der Waals surface area contributed by atoms with Crippen LogP contribution in [0.1, 0.15) is 58.8 Å².